The highest BCUT2D eigenvalue weighted by atomic mass is 32.1. The molecule has 1 amide bonds. The van der Waals surface area contributed by atoms with Crippen LogP contribution in [-0.2, 0) is 11.3 Å². The first-order valence-electron chi connectivity index (χ1n) is 8.61. The average molecular weight is 425 g/mol. The molecule has 0 radical (unpaired) electrons. The zero-order valence-corrected chi connectivity index (χ0v) is 16.7. The predicted molar refractivity (Wildman–Crippen MR) is 104 cm³/mol. The molecule has 0 aliphatic carbocycles. The Kier molecular flexibility index (Phi) is 5.76. The van der Waals surface area contributed by atoms with Gasteiger partial charge in [-0.05, 0) is 44.0 Å². The number of aryl methyl sites for hydroxylation is 3. The second kappa shape index (κ2) is 7.96. The maximum absolute atomic E-state index is 12.8. The highest BCUT2D eigenvalue weighted by Gasteiger charge is 2.27. The molecule has 0 saturated carbocycles. The highest BCUT2D eigenvalue weighted by Crippen LogP contribution is 2.26. The summed E-state index contributed by atoms with van der Waals surface area (Å²) in [6.07, 6.45) is -4.39. The number of carbonyl (C=O) groups is 1. The molecule has 29 heavy (non-hydrogen) atoms. The van der Waals surface area contributed by atoms with Crippen molar-refractivity contribution < 1.29 is 22.7 Å². The van der Waals surface area contributed by atoms with Crippen molar-refractivity contribution in [3.05, 3.63) is 62.0 Å². The molecular formula is C19H18F3N3O3S. The highest BCUT2D eigenvalue weighted by molar-refractivity contribution is 7.18. The topological polar surface area (TPSA) is 73.2 Å². The molecule has 0 aliphatic heterocycles. The van der Waals surface area contributed by atoms with E-state index >= 15 is 0 Å². The Balaban J connectivity index is 1.77. The number of aromatic nitrogens is 2. The van der Waals surface area contributed by atoms with Gasteiger partial charge in [-0.2, -0.15) is 13.2 Å². The number of nitrogens with zero attached hydrogens (tertiary/aromatic N) is 2. The van der Waals surface area contributed by atoms with E-state index < -0.39 is 18.7 Å². The summed E-state index contributed by atoms with van der Waals surface area (Å²) in [5, 5.41) is 0.468. The Labute approximate surface area is 167 Å². The van der Waals surface area contributed by atoms with Crippen molar-refractivity contribution in [1.29, 1.82) is 0 Å². The summed E-state index contributed by atoms with van der Waals surface area (Å²) < 4.78 is 42.0. The van der Waals surface area contributed by atoms with Gasteiger partial charge in [-0.1, -0.05) is 12.1 Å². The van der Waals surface area contributed by atoms with E-state index in [2.05, 4.69) is 15.1 Å². The number of nitrogens with one attached hydrogen (secondary N) is 1. The zero-order chi connectivity index (χ0) is 21.3. The van der Waals surface area contributed by atoms with Crippen LogP contribution in [0.5, 0.6) is 0 Å². The molecule has 154 valence electrons. The third kappa shape index (κ3) is 4.65. The van der Waals surface area contributed by atoms with Crippen LogP contribution in [0.3, 0.4) is 0 Å². The largest absolute Gasteiger partial charge is 0.411 e. The number of carbonyl (C=O) groups excluding carboxylic acids is 1. The Bertz CT molecular complexity index is 1120. The molecule has 0 saturated heterocycles. The molecule has 2 heterocycles. The van der Waals surface area contributed by atoms with Gasteiger partial charge in [0, 0.05) is 10.4 Å². The van der Waals surface area contributed by atoms with Gasteiger partial charge < -0.3 is 4.74 Å². The monoisotopic (exact) mass is 425 g/mol. The summed E-state index contributed by atoms with van der Waals surface area (Å²) in [6, 6.07) is 5.89. The third-order valence-electron chi connectivity index (χ3n) is 4.33. The quantitative estimate of drug-likeness (QED) is 0.674. The summed E-state index contributed by atoms with van der Waals surface area (Å²) in [7, 11) is 0. The maximum Gasteiger partial charge on any atom is 0.411 e. The number of ether oxygens (including phenoxy) is 1. The van der Waals surface area contributed by atoms with Crippen LogP contribution in [0.15, 0.2) is 29.1 Å². The van der Waals surface area contributed by atoms with Crippen molar-refractivity contribution in [3.8, 4) is 0 Å². The lowest BCUT2D eigenvalue weighted by molar-refractivity contribution is -0.176. The number of alkyl halides is 3. The standard InChI is InChI=1S/C19H18F3N3O3S/c1-10-11(2)29-17-15(10)18(27)25(12(3)23-17)24-16(26)14-6-4-13(5-7-14)8-28-9-19(20,21)22/h4-7H,8-9H2,1-3H3,(H,24,26). The van der Waals surface area contributed by atoms with E-state index in [0.29, 0.717) is 21.6 Å². The van der Waals surface area contributed by atoms with Crippen LogP contribution in [-0.4, -0.2) is 28.4 Å². The summed E-state index contributed by atoms with van der Waals surface area (Å²) in [5.74, 6) is -0.196. The van der Waals surface area contributed by atoms with Gasteiger partial charge in [0.05, 0.1) is 12.0 Å². The summed E-state index contributed by atoms with van der Waals surface area (Å²) >= 11 is 1.42. The van der Waals surface area contributed by atoms with Crippen LogP contribution in [0.2, 0.25) is 0 Å². The normalized spacial score (nSPS) is 11.8. The van der Waals surface area contributed by atoms with Crippen LogP contribution in [0.4, 0.5) is 13.2 Å². The fourth-order valence-corrected chi connectivity index (χ4v) is 3.80. The summed E-state index contributed by atoms with van der Waals surface area (Å²) in [6.45, 7) is 3.79. The molecule has 10 heteroatoms. The average Bonchev–Trinajstić information content (AvgIpc) is 2.91. The van der Waals surface area contributed by atoms with Gasteiger partial charge >= 0.3 is 6.18 Å². The smallest absolute Gasteiger partial charge is 0.367 e. The second-order valence-electron chi connectivity index (χ2n) is 6.51. The van der Waals surface area contributed by atoms with Crippen LogP contribution in [0.25, 0.3) is 10.2 Å². The molecule has 6 nitrogen and oxygen atoms in total. The molecule has 0 atom stereocenters. The summed E-state index contributed by atoms with van der Waals surface area (Å²) in [5.41, 5.74) is 3.74. The van der Waals surface area contributed by atoms with Gasteiger partial charge in [-0.15, -0.1) is 11.3 Å². The number of hydrogen-bond acceptors (Lipinski definition) is 5. The molecule has 1 N–H and O–H groups in total. The number of rotatable bonds is 5. The number of benzene rings is 1. The molecule has 3 aromatic rings. The minimum absolute atomic E-state index is 0.225. The first-order valence-corrected chi connectivity index (χ1v) is 9.42. The molecule has 0 unspecified atom stereocenters. The first-order chi connectivity index (χ1) is 13.6. The van der Waals surface area contributed by atoms with E-state index in [-0.39, 0.29) is 17.7 Å². The van der Waals surface area contributed by atoms with Crippen LogP contribution in [0.1, 0.15) is 32.2 Å². The number of fused-ring (bicyclic) bond motifs is 1. The van der Waals surface area contributed by atoms with Crippen LogP contribution >= 0.6 is 11.3 Å². The van der Waals surface area contributed by atoms with E-state index in [9.17, 15) is 22.8 Å². The van der Waals surface area contributed by atoms with E-state index in [4.69, 9.17) is 0 Å². The van der Waals surface area contributed by atoms with Crippen LogP contribution in [0, 0.1) is 20.8 Å². The molecule has 0 fully saturated rings. The van der Waals surface area contributed by atoms with Gasteiger partial charge in [0.2, 0.25) is 0 Å². The fraction of sp³-hybridized carbons (Fsp3) is 0.316. The van der Waals surface area contributed by atoms with Crippen molar-refractivity contribution in [2.75, 3.05) is 12.0 Å². The Hall–Kier alpha value is -2.72. The van der Waals surface area contributed by atoms with Gasteiger partial charge in [0.1, 0.15) is 17.3 Å². The van der Waals surface area contributed by atoms with Gasteiger partial charge in [0.15, 0.2) is 0 Å². The third-order valence-corrected chi connectivity index (χ3v) is 5.44. The number of amides is 1. The van der Waals surface area contributed by atoms with Crippen molar-refractivity contribution in [3.63, 3.8) is 0 Å². The van der Waals surface area contributed by atoms with Gasteiger partial charge in [0.25, 0.3) is 11.5 Å². The lowest BCUT2D eigenvalue weighted by Crippen LogP contribution is -2.35. The minimum atomic E-state index is -4.39. The molecule has 3 rings (SSSR count). The van der Waals surface area contributed by atoms with E-state index in [0.717, 1.165) is 15.1 Å². The molecule has 0 bridgehead atoms. The van der Waals surface area contributed by atoms with Crippen molar-refractivity contribution >= 4 is 27.5 Å². The molecule has 2 aromatic heterocycles. The SMILES string of the molecule is Cc1sc2nc(C)n(NC(=O)c3ccc(COCC(F)(F)F)cc3)c(=O)c2c1C. The Morgan fingerprint density at radius 2 is 1.86 bits per heavy atom. The number of hydrogen-bond donors (Lipinski definition) is 1. The number of halogens is 3. The van der Waals surface area contributed by atoms with E-state index in [1.807, 2.05) is 13.8 Å². The molecule has 0 aliphatic rings. The van der Waals surface area contributed by atoms with Crippen molar-refractivity contribution in [1.82, 2.24) is 9.66 Å². The van der Waals surface area contributed by atoms with Crippen molar-refractivity contribution in [2.45, 2.75) is 33.6 Å². The Morgan fingerprint density at radius 3 is 2.48 bits per heavy atom. The van der Waals surface area contributed by atoms with E-state index in [1.54, 1.807) is 6.92 Å². The molecule has 0 spiro atoms. The predicted octanol–water partition coefficient (Wildman–Crippen LogP) is 3.85. The lowest BCUT2D eigenvalue weighted by Gasteiger charge is -2.12. The lowest BCUT2D eigenvalue weighted by atomic mass is 10.1. The first kappa shape index (κ1) is 21.0. The van der Waals surface area contributed by atoms with Crippen molar-refractivity contribution in [2.24, 2.45) is 0 Å². The fourth-order valence-electron chi connectivity index (χ4n) is 2.73. The zero-order valence-electron chi connectivity index (χ0n) is 15.9. The van der Waals surface area contributed by atoms with Crippen LogP contribution < -0.4 is 11.0 Å². The second-order valence-corrected chi connectivity index (χ2v) is 7.71. The summed E-state index contributed by atoms with van der Waals surface area (Å²) in [4.78, 5) is 31.3. The number of thiophene rings is 1. The minimum Gasteiger partial charge on any atom is -0.367 e. The molecule has 1 aromatic carbocycles. The molecular weight excluding hydrogens is 407 g/mol. The maximum atomic E-state index is 12.8. The van der Waals surface area contributed by atoms with E-state index in [1.165, 1.54) is 35.6 Å². The van der Waals surface area contributed by atoms with Gasteiger partial charge in [-0.25, -0.2) is 9.66 Å². The van der Waals surface area contributed by atoms with Gasteiger partial charge in [-0.3, -0.25) is 15.0 Å². The Morgan fingerprint density at radius 1 is 1.21 bits per heavy atom.